The molecule has 0 radical (unpaired) electrons. The highest BCUT2D eigenvalue weighted by atomic mass is 19.1. The molecule has 1 aromatic carbocycles. The van der Waals surface area contributed by atoms with Crippen LogP contribution in [0.5, 0.6) is 0 Å². The second kappa shape index (κ2) is 5.59. The van der Waals surface area contributed by atoms with E-state index in [1.165, 1.54) is 24.3 Å². The molecule has 0 aromatic heterocycles. The zero-order chi connectivity index (χ0) is 13.0. The number of halogens is 1. The Balaban J connectivity index is 1.75. The monoisotopic (exact) mass is 251 g/mol. The van der Waals surface area contributed by atoms with Gasteiger partial charge in [-0.25, -0.2) is 4.39 Å². The lowest BCUT2D eigenvalue weighted by Gasteiger charge is -2.10. The van der Waals surface area contributed by atoms with Crippen LogP contribution in [0.1, 0.15) is 6.42 Å². The quantitative estimate of drug-likeness (QED) is 0.718. The third kappa shape index (κ3) is 3.53. The van der Waals surface area contributed by atoms with Crippen molar-refractivity contribution in [3.63, 3.8) is 0 Å². The molecular formula is C12H14FN3O2. The average molecular weight is 251 g/mol. The van der Waals surface area contributed by atoms with E-state index >= 15 is 0 Å². The van der Waals surface area contributed by atoms with Gasteiger partial charge in [-0.05, 0) is 24.3 Å². The zero-order valence-electron chi connectivity index (χ0n) is 9.70. The third-order valence-corrected chi connectivity index (χ3v) is 2.66. The fourth-order valence-electron chi connectivity index (χ4n) is 1.72. The molecule has 18 heavy (non-hydrogen) atoms. The molecule has 1 unspecified atom stereocenters. The SMILES string of the molecule is O=C1CC(NCC(=O)Nc2ccc(F)cc2)CN1. The second-order valence-electron chi connectivity index (χ2n) is 4.14. The molecule has 1 fully saturated rings. The summed E-state index contributed by atoms with van der Waals surface area (Å²) in [6.45, 7) is 0.666. The van der Waals surface area contributed by atoms with Crippen LogP contribution in [0.2, 0.25) is 0 Å². The van der Waals surface area contributed by atoms with E-state index in [4.69, 9.17) is 0 Å². The normalized spacial score (nSPS) is 18.5. The van der Waals surface area contributed by atoms with Crippen LogP contribution < -0.4 is 16.0 Å². The molecule has 3 N–H and O–H groups in total. The number of rotatable bonds is 4. The molecule has 1 saturated heterocycles. The molecule has 1 heterocycles. The molecule has 0 bridgehead atoms. The van der Waals surface area contributed by atoms with Gasteiger partial charge in [0.25, 0.3) is 0 Å². The summed E-state index contributed by atoms with van der Waals surface area (Å²) in [5.74, 6) is -0.575. The smallest absolute Gasteiger partial charge is 0.238 e. The van der Waals surface area contributed by atoms with Gasteiger partial charge in [-0.1, -0.05) is 0 Å². The Kier molecular flexibility index (Phi) is 3.88. The molecule has 1 aromatic rings. The van der Waals surface area contributed by atoms with E-state index in [1.54, 1.807) is 0 Å². The molecule has 5 nitrogen and oxygen atoms in total. The van der Waals surface area contributed by atoms with Crippen molar-refractivity contribution in [1.29, 1.82) is 0 Å². The molecule has 0 aliphatic carbocycles. The first-order chi connectivity index (χ1) is 8.63. The lowest BCUT2D eigenvalue weighted by atomic mass is 10.2. The van der Waals surface area contributed by atoms with Crippen LogP contribution in [-0.4, -0.2) is 30.9 Å². The van der Waals surface area contributed by atoms with Crippen LogP contribution in [-0.2, 0) is 9.59 Å². The molecule has 2 rings (SSSR count). The van der Waals surface area contributed by atoms with Gasteiger partial charge in [0.1, 0.15) is 5.82 Å². The van der Waals surface area contributed by atoms with Crippen LogP contribution in [0, 0.1) is 5.82 Å². The predicted molar refractivity (Wildman–Crippen MR) is 64.4 cm³/mol. The van der Waals surface area contributed by atoms with Gasteiger partial charge in [0.2, 0.25) is 11.8 Å². The van der Waals surface area contributed by atoms with Gasteiger partial charge in [0, 0.05) is 24.7 Å². The first kappa shape index (κ1) is 12.5. The van der Waals surface area contributed by atoms with Crippen LogP contribution in [0.15, 0.2) is 24.3 Å². The molecular weight excluding hydrogens is 237 g/mol. The van der Waals surface area contributed by atoms with E-state index < -0.39 is 0 Å². The first-order valence-electron chi connectivity index (χ1n) is 5.69. The predicted octanol–water partition coefficient (Wildman–Crippen LogP) is 0.242. The molecule has 0 saturated carbocycles. The Labute approximate surface area is 104 Å². The summed E-state index contributed by atoms with van der Waals surface area (Å²) in [7, 11) is 0. The maximum atomic E-state index is 12.6. The summed E-state index contributed by atoms with van der Waals surface area (Å²) >= 11 is 0. The molecule has 2 amide bonds. The number of carbonyl (C=O) groups is 2. The van der Waals surface area contributed by atoms with Crippen LogP contribution in [0.25, 0.3) is 0 Å². The Morgan fingerprint density at radius 1 is 1.39 bits per heavy atom. The Morgan fingerprint density at radius 3 is 2.72 bits per heavy atom. The van der Waals surface area contributed by atoms with Crippen molar-refractivity contribution in [1.82, 2.24) is 10.6 Å². The molecule has 1 atom stereocenters. The summed E-state index contributed by atoms with van der Waals surface area (Å²) in [5, 5.41) is 8.28. The van der Waals surface area contributed by atoms with Gasteiger partial charge >= 0.3 is 0 Å². The molecule has 1 aliphatic rings. The van der Waals surface area contributed by atoms with Gasteiger partial charge in [-0.15, -0.1) is 0 Å². The maximum Gasteiger partial charge on any atom is 0.238 e. The van der Waals surface area contributed by atoms with Gasteiger partial charge in [0.15, 0.2) is 0 Å². The van der Waals surface area contributed by atoms with Crippen molar-refractivity contribution in [2.24, 2.45) is 0 Å². The van der Waals surface area contributed by atoms with Gasteiger partial charge in [-0.3, -0.25) is 9.59 Å². The molecule has 1 aliphatic heterocycles. The van der Waals surface area contributed by atoms with Crippen molar-refractivity contribution in [3.8, 4) is 0 Å². The summed E-state index contributed by atoms with van der Waals surface area (Å²) in [6.07, 6.45) is 0.393. The fourth-order valence-corrected chi connectivity index (χ4v) is 1.72. The standard InChI is InChI=1S/C12H14FN3O2/c13-8-1-3-9(4-2-8)16-12(18)7-14-10-5-11(17)15-6-10/h1-4,10,14H,5-7H2,(H,15,17)(H,16,18). The first-order valence-corrected chi connectivity index (χ1v) is 5.69. The van der Waals surface area contributed by atoms with Crippen LogP contribution >= 0.6 is 0 Å². The minimum Gasteiger partial charge on any atom is -0.354 e. The van der Waals surface area contributed by atoms with Gasteiger partial charge in [0.05, 0.1) is 6.54 Å². The minimum atomic E-state index is -0.346. The number of amides is 2. The summed E-state index contributed by atoms with van der Waals surface area (Å²) in [6, 6.07) is 5.55. The summed E-state index contributed by atoms with van der Waals surface area (Å²) in [4.78, 5) is 22.5. The Hall–Kier alpha value is -1.95. The van der Waals surface area contributed by atoms with Gasteiger partial charge < -0.3 is 16.0 Å². The third-order valence-electron chi connectivity index (χ3n) is 2.66. The lowest BCUT2D eigenvalue weighted by molar-refractivity contribution is -0.119. The number of benzene rings is 1. The number of hydrogen-bond acceptors (Lipinski definition) is 3. The second-order valence-corrected chi connectivity index (χ2v) is 4.14. The number of carbonyl (C=O) groups excluding carboxylic acids is 2. The molecule has 96 valence electrons. The lowest BCUT2D eigenvalue weighted by Crippen LogP contribution is -2.37. The van der Waals surface area contributed by atoms with E-state index in [9.17, 15) is 14.0 Å². The number of nitrogens with one attached hydrogen (secondary N) is 3. The topological polar surface area (TPSA) is 70.2 Å². The number of anilines is 1. The highest BCUT2D eigenvalue weighted by Crippen LogP contribution is 2.07. The van der Waals surface area contributed by atoms with Crippen molar-refractivity contribution >= 4 is 17.5 Å². The zero-order valence-corrected chi connectivity index (χ0v) is 9.70. The average Bonchev–Trinajstić information content (AvgIpc) is 2.76. The van der Waals surface area contributed by atoms with E-state index in [0.29, 0.717) is 18.7 Å². The van der Waals surface area contributed by atoms with Crippen LogP contribution in [0.4, 0.5) is 10.1 Å². The molecule has 0 spiro atoms. The van der Waals surface area contributed by atoms with E-state index in [2.05, 4.69) is 16.0 Å². The van der Waals surface area contributed by atoms with Crippen molar-refractivity contribution in [3.05, 3.63) is 30.1 Å². The van der Waals surface area contributed by atoms with Gasteiger partial charge in [-0.2, -0.15) is 0 Å². The van der Waals surface area contributed by atoms with E-state index in [1.807, 2.05) is 0 Å². The van der Waals surface area contributed by atoms with Crippen molar-refractivity contribution in [2.45, 2.75) is 12.5 Å². The fraction of sp³-hybridized carbons (Fsp3) is 0.333. The highest BCUT2D eigenvalue weighted by molar-refractivity contribution is 5.92. The van der Waals surface area contributed by atoms with Crippen molar-refractivity contribution < 1.29 is 14.0 Å². The largest absolute Gasteiger partial charge is 0.354 e. The summed E-state index contributed by atoms with van der Waals surface area (Å²) < 4.78 is 12.6. The Morgan fingerprint density at radius 2 is 2.11 bits per heavy atom. The van der Waals surface area contributed by atoms with Crippen LogP contribution in [0.3, 0.4) is 0 Å². The minimum absolute atomic E-state index is 0.00327. The van der Waals surface area contributed by atoms with E-state index in [0.717, 1.165) is 0 Å². The highest BCUT2D eigenvalue weighted by Gasteiger charge is 2.21. The van der Waals surface area contributed by atoms with E-state index in [-0.39, 0.29) is 30.2 Å². The Bertz CT molecular complexity index is 447. The van der Waals surface area contributed by atoms with Crippen molar-refractivity contribution in [2.75, 3.05) is 18.4 Å². The number of hydrogen-bond donors (Lipinski definition) is 3. The summed E-state index contributed by atoms with van der Waals surface area (Å²) in [5.41, 5.74) is 0.545. The maximum absolute atomic E-state index is 12.6. The molecule has 6 heteroatoms.